The molecule has 148 valence electrons. The fourth-order valence-corrected chi connectivity index (χ4v) is 5.40. The Labute approximate surface area is 163 Å². The predicted octanol–water partition coefficient (Wildman–Crippen LogP) is 1.83. The van der Waals surface area contributed by atoms with E-state index in [2.05, 4.69) is 0 Å². The van der Waals surface area contributed by atoms with Crippen molar-refractivity contribution in [3.8, 4) is 0 Å². The number of benzene rings is 1. The summed E-state index contributed by atoms with van der Waals surface area (Å²) in [5.74, 6) is -0.133. The van der Waals surface area contributed by atoms with Gasteiger partial charge in [0.1, 0.15) is 0 Å². The van der Waals surface area contributed by atoms with Gasteiger partial charge in [-0.2, -0.15) is 4.31 Å². The van der Waals surface area contributed by atoms with E-state index in [1.54, 1.807) is 11.8 Å². The summed E-state index contributed by atoms with van der Waals surface area (Å²) in [7, 11) is -3.59. The lowest BCUT2D eigenvalue weighted by molar-refractivity contribution is -0.133. The summed E-state index contributed by atoms with van der Waals surface area (Å²) in [6.45, 7) is 12.7. The highest BCUT2D eigenvalue weighted by Crippen LogP contribution is 2.31. The summed E-state index contributed by atoms with van der Waals surface area (Å²) in [4.78, 5) is 14.0. The molecule has 1 aromatic carbocycles. The number of rotatable bonds is 3. The molecule has 0 spiro atoms. The van der Waals surface area contributed by atoms with E-state index < -0.39 is 16.1 Å². The monoisotopic (exact) mass is 403 g/mol. The third-order valence-electron chi connectivity index (χ3n) is 5.47. The molecule has 0 saturated carbocycles. The number of piperazine rings is 1. The lowest BCUT2D eigenvalue weighted by atomic mass is 9.95. The number of nitrogens with two attached hydrogens (primary N) is 1. The molecule has 26 heavy (non-hydrogen) atoms. The minimum absolute atomic E-state index is 0. The van der Waals surface area contributed by atoms with Gasteiger partial charge in [-0.1, -0.05) is 0 Å². The van der Waals surface area contributed by atoms with Crippen molar-refractivity contribution < 1.29 is 13.2 Å². The molecule has 1 fully saturated rings. The molecule has 1 aromatic rings. The van der Waals surface area contributed by atoms with Crippen molar-refractivity contribution in [3.63, 3.8) is 0 Å². The van der Waals surface area contributed by atoms with Crippen LogP contribution in [0.1, 0.15) is 34.7 Å². The molecular weight excluding hydrogens is 374 g/mol. The Balaban J connectivity index is 0.00000338. The first-order chi connectivity index (χ1) is 11.5. The molecule has 0 aromatic heterocycles. The summed E-state index contributed by atoms with van der Waals surface area (Å²) in [6, 6.07) is -0.560. The average Bonchev–Trinajstić information content (AvgIpc) is 2.57. The van der Waals surface area contributed by atoms with E-state index >= 15 is 0 Å². The largest absolute Gasteiger partial charge is 0.339 e. The number of hydrogen-bond donors (Lipinski definition) is 1. The Morgan fingerprint density at radius 2 is 1.27 bits per heavy atom. The maximum Gasteiger partial charge on any atom is 0.243 e. The smallest absolute Gasteiger partial charge is 0.243 e. The van der Waals surface area contributed by atoms with Gasteiger partial charge in [0, 0.05) is 26.2 Å². The molecule has 2 N–H and O–H groups in total. The van der Waals surface area contributed by atoms with Gasteiger partial charge in [-0.25, -0.2) is 8.42 Å². The van der Waals surface area contributed by atoms with Crippen LogP contribution in [-0.4, -0.2) is 55.8 Å². The normalized spacial score (nSPS) is 17.0. The molecule has 0 radical (unpaired) electrons. The maximum absolute atomic E-state index is 13.3. The van der Waals surface area contributed by atoms with Crippen LogP contribution in [0.4, 0.5) is 0 Å². The highest BCUT2D eigenvalue weighted by atomic mass is 35.5. The molecule has 1 aliphatic rings. The molecule has 2 rings (SSSR count). The van der Waals surface area contributed by atoms with Crippen molar-refractivity contribution in [2.24, 2.45) is 5.73 Å². The van der Waals surface area contributed by atoms with Gasteiger partial charge in [-0.05, 0) is 69.4 Å². The molecule has 1 aliphatic heterocycles. The number of carbonyl (C=O) groups is 1. The van der Waals surface area contributed by atoms with Crippen LogP contribution in [0, 0.1) is 34.6 Å². The Kier molecular flexibility index (Phi) is 7.26. The SMILES string of the molecule is Cc1c(C)c(C)c(S(=O)(=O)N2CCN(C(=O)C(C)N)CC2)c(C)c1C.Cl. The van der Waals surface area contributed by atoms with Crippen LogP contribution in [-0.2, 0) is 14.8 Å². The van der Waals surface area contributed by atoms with Crippen molar-refractivity contribution in [2.45, 2.75) is 52.5 Å². The van der Waals surface area contributed by atoms with Crippen LogP contribution >= 0.6 is 12.4 Å². The summed E-state index contributed by atoms with van der Waals surface area (Å²) >= 11 is 0. The number of amides is 1. The first-order valence-electron chi connectivity index (χ1n) is 8.61. The second-order valence-corrected chi connectivity index (χ2v) is 8.85. The maximum atomic E-state index is 13.3. The number of carbonyl (C=O) groups excluding carboxylic acids is 1. The lowest BCUT2D eigenvalue weighted by Crippen LogP contribution is -2.53. The van der Waals surface area contributed by atoms with E-state index in [9.17, 15) is 13.2 Å². The van der Waals surface area contributed by atoms with Gasteiger partial charge in [-0.15, -0.1) is 12.4 Å². The zero-order valence-corrected chi connectivity index (χ0v) is 18.1. The van der Waals surface area contributed by atoms with E-state index in [1.165, 1.54) is 4.31 Å². The number of halogens is 1. The second kappa shape index (κ2) is 8.25. The van der Waals surface area contributed by atoms with Crippen LogP contribution in [0.25, 0.3) is 0 Å². The third-order valence-corrected chi connectivity index (χ3v) is 7.64. The van der Waals surface area contributed by atoms with E-state index in [0.717, 1.165) is 27.8 Å². The minimum atomic E-state index is -3.59. The molecule has 6 nitrogen and oxygen atoms in total. The molecule has 1 atom stereocenters. The van der Waals surface area contributed by atoms with Crippen molar-refractivity contribution in [1.82, 2.24) is 9.21 Å². The highest BCUT2D eigenvalue weighted by molar-refractivity contribution is 7.89. The van der Waals surface area contributed by atoms with Crippen molar-refractivity contribution in [2.75, 3.05) is 26.2 Å². The topological polar surface area (TPSA) is 83.7 Å². The molecule has 8 heteroatoms. The predicted molar refractivity (Wildman–Crippen MR) is 106 cm³/mol. The van der Waals surface area contributed by atoms with E-state index in [4.69, 9.17) is 5.73 Å². The third kappa shape index (κ3) is 3.91. The fraction of sp³-hybridized carbons (Fsp3) is 0.611. The standard InChI is InChI=1S/C18H29N3O3S.ClH/c1-11-12(2)14(4)17(15(5)13(11)3)25(23,24)21-9-7-20(8-10-21)18(22)16(6)19;/h16H,7-10,19H2,1-6H3;1H. The summed E-state index contributed by atoms with van der Waals surface area (Å²) in [5.41, 5.74) is 10.5. The summed E-state index contributed by atoms with van der Waals surface area (Å²) in [6.07, 6.45) is 0. The van der Waals surface area contributed by atoms with Gasteiger partial charge in [0.05, 0.1) is 10.9 Å². The van der Waals surface area contributed by atoms with Crippen LogP contribution < -0.4 is 5.73 Å². The molecule has 1 unspecified atom stereocenters. The van der Waals surface area contributed by atoms with Crippen LogP contribution in [0.3, 0.4) is 0 Å². The number of sulfonamides is 1. The van der Waals surface area contributed by atoms with Gasteiger partial charge in [0.25, 0.3) is 0 Å². The van der Waals surface area contributed by atoms with E-state index in [0.29, 0.717) is 31.1 Å². The quantitative estimate of drug-likeness (QED) is 0.834. The van der Waals surface area contributed by atoms with Crippen LogP contribution in [0.15, 0.2) is 4.90 Å². The Morgan fingerprint density at radius 1 is 0.885 bits per heavy atom. The summed E-state index contributed by atoms with van der Waals surface area (Å²) in [5, 5.41) is 0. The van der Waals surface area contributed by atoms with Gasteiger partial charge in [0.2, 0.25) is 15.9 Å². The minimum Gasteiger partial charge on any atom is -0.339 e. The van der Waals surface area contributed by atoms with Crippen LogP contribution in [0.2, 0.25) is 0 Å². The first-order valence-corrected chi connectivity index (χ1v) is 10.1. The Hall–Kier alpha value is -1.15. The molecule has 0 aliphatic carbocycles. The lowest BCUT2D eigenvalue weighted by Gasteiger charge is -2.35. The van der Waals surface area contributed by atoms with Crippen molar-refractivity contribution >= 4 is 28.3 Å². The van der Waals surface area contributed by atoms with Gasteiger partial charge in [0.15, 0.2) is 0 Å². The van der Waals surface area contributed by atoms with Gasteiger partial charge in [-0.3, -0.25) is 4.79 Å². The first kappa shape index (κ1) is 22.9. The summed E-state index contributed by atoms with van der Waals surface area (Å²) < 4.78 is 28.0. The second-order valence-electron chi connectivity index (χ2n) is 6.97. The molecule has 0 bridgehead atoms. The van der Waals surface area contributed by atoms with Crippen LogP contribution in [0.5, 0.6) is 0 Å². The zero-order valence-electron chi connectivity index (χ0n) is 16.4. The zero-order chi connectivity index (χ0) is 19.1. The molecular formula is C18H30ClN3O3S. The Morgan fingerprint density at radius 3 is 1.65 bits per heavy atom. The average molecular weight is 404 g/mol. The van der Waals surface area contributed by atoms with Gasteiger partial charge < -0.3 is 10.6 Å². The van der Waals surface area contributed by atoms with Gasteiger partial charge >= 0.3 is 0 Å². The molecule has 1 amide bonds. The van der Waals surface area contributed by atoms with E-state index in [-0.39, 0.29) is 18.3 Å². The molecule has 1 heterocycles. The van der Waals surface area contributed by atoms with Crippen molar-refractivity contribution in [3.05, 3.63) is 27.8 Å². The fourth-order valence-electron chi connectivity index (χ4n) is 3.42. The number of hydrogen-bond acceptors (Lipinski definition) is 4. The highest BCUT2D eigenvalue weighted by Gasteiger charge is 2.33. The molecule has 1 saturated heterocycles. The van der Waals surface area contributed by atoms with Crippen molar-refractivity contribution in [1.29, 1.82) is 0 Å². The van der Waals surface area contributed by atoms with E-state index in [1.807, 2.05) is 34.6 Å². The number of nitrogens with zero attached hydrogens (tertiary/aromatic N) is 2. The Bertz CT molecular complexity index is 769.